The van der Waals surface area contributed by atoms with Crippen molar-refractivity contribution in [3.8, 4) is 0 Å². The summed E-state index contributed by atoms with van der Waals surface area (Å²) in [4.78, 5) is 19.4. The van der Waals surface area contributed by atoms with Crippen LogP contribution in [-0.4, -0.2) is 37.4 Å². The van der Waals surface area contributed by atoms with Gasteiger partial charge >= 0.3 is 0 Å². The molecule has 0 saturated carbocycles. The van der Waals surface area contributed by atoms with E-state index in [0.29, 0.717) is 13.1 Å². The molecule has 0 saturated heterocycles. The maximum atomic E-state index is 11.8. The molecular formula is C9H10ClN7O. The Bertz CT molecular complexity index is 555. The van der Waals surface area contributed by atoms with Crippen LogP contribution >= 0.6 is 11.6 Å². The first-order valence-corrected chi connectivity index (χ1v) is 5.47. The van der Waals surface area contributed by atoms with Gasteiger partial charge in [0.1, 0.15) is 5.15 Å². The molecule has 0 aliphatic rings. The van der Waals surface area contributed by atoms with Crippen LogP contribution < -0.4 is 11.1 Å². The lowest BCUT2D eigenvalue weighted by Gasteiger charge is -2.00. The molecule has 8 nitrogen and oxygen atoms in total. The zero-order valence-corrected chi connectivity index (χ0v) is 10.0. The molecule has 9 heteroatoms. The van der Waals surface area contributed by atoms with Gasteiger partial charge in [-0.25, -0.2) is 9.97 Å². The minimum atomic E-state index is -0.458. The second-order valence-electron chi connectivity index (χ2n) is 3.31. The van der Waals surface area contributed by atoms with E-state index in [2.05, 4.69) is 25.6 Å². The molecule has 2 aromatic rings. The molecule has 3 N–H and O–H groups in total. The minimum absolute atomic E-state index is 0.112. The van der Waals surface area contributed by atoms with E-state index < -0.39 is 5.91 Å². The van der Waals surface area contributed by atoms with Gasteiger partial charge in [-0.2, -0.15) is 0 Å². The number of anilines is 1. The molecule has 94 valence electrons. The number of carbonyl (C=O) groups is 1. The average molecular weight is 268 g/mol. The normalized spacial score (nSPS) is 10.3. The molecule has 0 aliphatic heterocycles. The first-order chi connectivity index (χ1) is 8.69. The highest BCUT2D eigenvalue weighted by Crippen LogP contribution is 2.06. The summed E-state index contributed by atoms with van der Waals surface area (Å²) in [5.41, 5.74) is 5.52. The van der Waals surface area contributed by atoms with E-state index in [1.165, 1.54) is 23.1 Å². The monoisotopic (exact) mass is 267 g/mol. The fourth-order valence-electron chi connectivity index (χ4n) is 1.21. The molecule has 1 amide bonds. The van der Waals surface area contributed by atoms with Crippen molar-refractivity contribution < 1.29 is 4.79 Å². The minimum Gasteiger partial charge on any atom is -0.329 e. The van der Waals surface area contributed by atoms with Gasteiger partial charge in [-0.05, 0) is 6.07 Å². The predicted octanol–water partition coefficient (Wildman–Crippen LogP) is -0.0675. The van der Waals surface area contributed by atoms with E-state index in [9.17, 15) is 4.79 Å². The fraction of sp³-hybridized carbons (Fsp3) is 0.222. The Balaban J connectivity index is 2.07. The number of nitrogens with zero attached hydrogens (tertiary/aromatic N) is 5. The largest absolute Gasteiger partial charge is 0.329 e. The van der Waals surface area contributed by atoms with Crippen molar-refractivity contribution in [3.05, 3.63) is 29.3 Å². The Morgan fingerprint density at radius 1 is 1.56 bits per heavy atom. The van der Waals surface area contributed by atoms with Crippen LogP contribution in [0.2, 0.25) is 5.15 Å². The average Bonchev–Trinajstić information content (AvgIpc) is 2.78. The van der Waals surface area contributed by atoms with Gasteiger partial charge in [0.05, 0.1) is 12.7 Å². The summed E-state index contributed by atoms with van der Waals surface area (Å²) in [7, 11) is 0. The maximum Gasteiger partial charge on any atom is 0.280 e. The number of halogens is 1. The third-order valence-corrected chi connectivity index (χ3v) is 2.19. The summed E-state index contributed by atoms with van der Waals surface area (Å²) in [6.45, 7) is 0.912. The fourth-order valence-corrected chi connectivity index (χ4v) is 1.34. The Morgan fingerprint density at radius 2 is 2.39 bits per heavy atom. The Kier molecular flexibility index (Phi) is 3.80. The molecular weight excluding hydrogens is 258 g/mol. The SMILES string of the molecule is NCCn1cc(C(=O)Nc2nccc(Cl)n2)nn1. The zero-order valence-electron chi connectivity index (χ0n) is 9.25. The number of amides is 1. The highest BCUT2D eigenvalue weighted by atomic mass is 35.5. The van der Waals surface area contributed by atoms with E-state index in [0.717, 1.165) is 0 Å². The Morgan fingerprint density at radius 3 is 3.11 bits per heavy atom. The van der Waals surface area contributed by atoms with E-state index in [4.69, 9.17) is 17.3 Å². The summed E-state index contributed by atoms with van der Waals surface area (Å²) in [6, 6.07) is 1.51. The molecule has 2 rings (SSSR count). The van der Waals surface area contributed by atoms with E-state index >= 15 is 0 Å². The van der Waals surface area contributed by atoms with Gasteiger partial charge in [0.15, 0.2) is 5.69 Å². The van der Waals surface area contributed by atoms with Crippen LogP contribution in [0.1, 0.15) is 10.5 Å². The van der Waals surface area contributed by atoms with Crippen LogP contribution in [0, 0.1) is 0 Å². The molecule has 0 fully saturated rings. The van der Waals surface area contributed by atoms with Crippen molar-refractivity contribution >= 4 is 23.5 Å². The number of aromatic nitrogens is 5. The number of rotatable bonds is 4. The Labute approximate surface area is 107 Å². The predicted molar refractivity (Wildman–Crippen MR) is 64.1 cm³/mol. The summed E-state index contributed by atoms with van der Waals surface area (Å²) in [5.74, 6) is -0.346. The van der Waals surface area contributed by atoms with Crippen LogP contribution in [0.25, 0.3) is 0 Å². The second-order valence-corrected chi connectivity index (χ2v) is 3.70. The number of carbonyl (C=O) groups excluding carboxylic acids is 1. The van der Waals surface area contributed by atoms with Crippen LogP contribution in [0.4, 0.5) is 5.95 Å². The molecule has 18 heavy (non-hydrogen) atoms. The number of hydrogen-bond donors (Lipinski definition) is 2. The smallest absolute Gasteiger partial charge is 0.280 e. The molecule has 0 radical (unpaired) electrons. The van der Waals surface area contributed by atoms with Crippen LogP contribution in [0.15, 0.2) is 18.5 Å². The van der Waals surface area contributed by atoms with E-state index in [1.807, 2.05) is 0 Å². The Hall–Kier alpha value is -2.06. The third-order valence-electron chi connectivity index (χ3n) is 1.98. The highest BCUT2D eigenvalue weighted by molar-refractivity contribution is 6.29. The van der Waals surface area contributed by atoms with Gasteiger partial charge in [0, 0.05) is 12.7 Å². The molecule has 0 unspecified atom stereocenters. The molecule has 0 atom stereocenters. The summed E-state index contributed by atoms with van der Waals surface area (Å²) in [6.07, 6.45) is 2.93. The van der Waals surface area contributed by atoms with Gasteiger partial charge in [-0.3, -0.25) is 14.8 Å². The highest BCUT2D eigenvalue weighted by Gasteiger charge is 2.12. The molecule has 2 heterocycles. The lowest BCUT2D eigenvalue weighted by molar-refractivity contribution is 0.102. The van der Waals surface area contributed by atoms with Gasteiger partial charge in [-0.1, -0.05) is 16.8 Å². The zero-order chi connectivity index (χ0) is 13.0. The van der Waals surface area contributed by atoms with E-state index in [1.54, 1.807) is 0 Å². The van der Waals surface area contributed by atoms with Crippen molar-refractivity contribution in [2.45, 2.75) is 6.54 Å². The van der Waals surface area contributed by atoms with Gasteiger partial charge < -0.3 is 5.73 Å². The van der Waals surface area contributed by atoms with Crippen LogP contribution in [-0.2, 0) is 6.54 Å². The second kappa shape index (κ2) is 5.52. The van der Waals surface area contributed by atoms with Crippen molar-refractivity contribution in [1.29, 1.82) is 0 Å². The van der Waals surface area contributed by atoms with Crippen LogP contribution in [0.3, 0.4) is 0 Å². The summed E-state index contributed by atoms with van der Waals surface area (Å²) >= 11 is 5.67. The van der Waals surface area contributed by atoms with Crippen molar-refractivity contribution in [2.24, 2.45) is 5.73 Å². The lowest BCUT2D eigenvalue weighted by atomic mass is 10.4. The molecule has 0 spiro atoms. The van der Waals surface area contributed by atoms with E-state index in [-0.39, 0.29) is 16.8 Å². The number of nitrogens with two attached hydrogens (primary N) is 1. The lowest BCUT2D eigenvalue weighted by Crippen LogP contribution is -2.14. The number of nitrogens with one attached hydrogen (secondary N) is 1. The van der Waals surface area contributed by atoms with Gasteiger partial charge in [0.2, 0.25) is 5.95 Å². The van der Waals surface area contributed by atoms with Gasteiger partial charge in [-0.15, -0.1) is 5.10 Å². The van der Waals surface area contributed by atoms with Crippen molar-refractivity contribution in [1.82, 2.24) is 25.0 Å². The molecule has 2 aromatic heterocycles. The molecule has 0 aliphatic carbocycles. The first-order valence-electron chi connectivity index (χ1n) is 5.09. The maximum absolute atomic E-state index is 11.8. The standard InChI is InChI=1S/C9H10ClN7O/c10-7-1-3-12-9(13-7)14-8(18)6-5-17(4-2-11)16-15-6/h1,3,5H,2,4,11H2,(H,12,13,14,18). The quantitative estimate of drug-likeness (QED) is 0.750. The topological polar surface area (TPSA) is 112 Å². The third kappa shape index (κ3) is 2.99. The van der Waals surface area contributed by atoms with Gasteiger partial charge in [0.25, 0.3) is 5.91 Å². The number of hydrogen-bond acceptors (Lipinski definition) is 6. The molecule has 0 bridgehead atoms. The molecule has 0 aromatic carbocycles. The van der Waals surface area contributed by atoms with Crippen molar-refractivity contribution in [2.75, 3.05) is 11.9 Å². The first kappa shape index (κ1) is 12.4. The summed E-state index contributed by atoms with van der Waals surface area (Å²) in [5, 5.41) is 10.2. The summed E-state index contributed by atoms with van der Waals surface area (Å²) < 4.78 is 1.48. The van der Waals surface area contributed by atoms with Crippen molar-refractivity contribution in [3.63, 3.8) is 0 Å². The van der Waals surface area contributed by atoms with Crippen LogP contribution in [0.5, 0.6) is 0 Å².